The minimum absolute atomic E-state index is 1.06. The first-order valence-corrected chi connectivity index (χ1v) is 4.13. The summed E-state index contributed by atoms with van der Waals surface area (Å²) in [6.07, 6.45) is 20.5. The summed E-state index contributed by atoms with van der Waals surface area (Å²) in [4.78, 5) is 0. The summed E-state index contributed by atoms with van der Waals surface area (Å²) >= 11 is 0. The van der Waals surface area contributed by atoms with E-state index in [9.17, 15) is 0 Å². The zero-order valence-electron chi connectivity index (χ0n) is 6.74. The molecular weight excluding hydrogens is 132 g/mol. The van der Waals surface area contributed by atoms with Crippen molar-refractivity contribution in [3.63, 3.8) is 0 Å². The molecule has 0 unspecified atom stereocenters. The van der Waals surface area contributed by atoms with Crippen molar-refractivity contribution in [3.05, 3.63) is 48.6 Å². The molecule has 0 spiro atoms. The van der Waals surface area contributed by atoms with E-state index in [0.29, 0.717) is 0 Å². The second-order valence-electron chi connectivity index (χ2n) is 2.53. The molecule has 1 aliphatic rings. The van der Waals surface area contributed by atoms with E-state index in [1.54, 1.807) is 0 Å². The van der Waals surface area contributed by atoms with Crippen LogP contribution in [0.2, 0.25) is 0 Å². The van der Waals surface area contributed by atoms with Gasteiger partial charge in [-0.3, -0.25) is 0 Å². The zero-order chi connectivity index (χ0) is 7.78. The summed E-state index contributed by atoms with van der Waals surface area (Å²) in [5, 5.41) is 0. The quantitative estimate of drug-likeness (QED) is 0.459. The molecule has 1 aliphatic carbocycles. The van der Waals surface area contributed by atoms with Crippen LogP contribution >= 0.6 is 0 Å². The van der Waals surface area contributed by atoms with Gasteiger partial charge in [-0.2, -0.15) is 0 Å². The Kier molecular flexibility index (Phi) is 4.19. The summed E-state index contributed by atoms with van der Waals surface area (Å²) < 4.78 is 0. The Hall–Kier alpha value is -1.04. The molecule has 0 aromatic rings. The van der Waals surface area contributed by atoms with Crippen LogP contribution in [0.15, 0.2) is 48.6 Å². The van der Waals surface area contributed by atoms with E-state index in [-0.39, 0.29) is 0 Å². The standard InChI is InChI=1S/C11H14/c1-2-4-6-8-10-11-9-7-5-3-1/h1-6,9,11H,7-8,10H2/b2-1+,5-3?,6-4-,11-9+. The van der Waals surface area contributed by atoms with Crippen molar-refractivity contribution in [2.24, 2.45) is 0 Å². The second-order valence-corrected chi connectivity index (χ2v) is 2.53. The van der Waals surface area contributed by atoms with Crippen molar-refractivity contribution in [2.45, 2.75) is 19.3 Å². The highest BCUT2D eigenvalue weighted by Gasteiger charge is 1.76. The van der Waals surface area contributed by atoms with Crippen molar-refractivity contribution in [1.29, 1.82) is 0 Å². The van der Waals surface area contributed by atoms with Gasteiger partial charge in [0.15, 0.2) is 0 Å². The van der Waals surface area contributed by atoms with E-state index in [0.717, 1.165) is 19.3 Å². The van der Waals surface area contributed by atoms with Gasteiger partial charge in [0, 0.05) is 0 Å². The molecule has 0 amide bonds. The average Bonchev–Trinajstić information content (AvgIpc) is 2.08. The van der Waals surface area contributed by atoms with Gasteiger partial charge in [-0.15, -0.1) is 0 Å². The Morgan fingerprint density at radius 1 is 0.545 bits per heavy atom. The highest BCUT2D eigenvalue weighted by molar-refractivity contribution is 5.12. The Morgan fingerprint density at radius 2 is 1.27 bits per heavy atom. The second kappa shape index (κ2) is 5.72. The Labute approximate surface area is 68.6 Å². The van der Waals surface area contributed by atoms with Gasteiger partial charge >= 0.3 is 0 Å². The lowest BCUT2D eigenvalue weighted by Gasteiger charge is -1.83. The van der Waals surface area contributed by atoms with Crippen LogP contribution in [0.25, 0.3) is 0 Å². The van der Waals surface area contributed by atoms with Crippen LogP contribution in [-0.4, -0.2) is 0 Å². The lowest BCUT2D eigenvalue weighted by Crippen LogP contribution is -1.63. The summed E-state index contributed by atoms with van der Waals surface area (Å²) in [5.41, 5.74) is 0. The molecule has 0 aromatic carbocycles. The normalized spacial score (nSPS) is 26.9. The van der Waals surface area contributed by atoms with E-state index >= 15 is 0 Å². The van der Waals surface area contributed by atoms with Crippen LogP contribution in [0.1, 0.15) is 19.3 Å². The van der Waals surface area contributed by atoms with Crippen LogP contribution < -0.4 is 0 Å². The summed E-state index contributed by atoms with van der Waals surface area (Å²) in [5.74, 6) is 0. The summed E-state index contributed by atoms with van der Waals surface area (Å²) in [6.45, 7) is 0. The maximum Gasteiger partial charge on any atom is -0.0166 e. The van der Waals surface area contributed by atoms with Crippen LogP contribution in [0.5, 0.6) is 0 Å². The average molecular weight is 146 g/mol. The molecule has 1 rings (SSSR count). The van der Waals surface area contributed by atoms with Crippen LogP contribution in [-0.2, 0) is 0 Å². The minimum Gasteiger partial charge on any atom is -0.0879 e. The van der Waals surface area contributed by atoms with Crippen molar-refractivity contribution in [3.8, 4) is 0 Å². The van der Waals surface area contributed by atoms with Gasteiger partial charge in [0.2, 0.25) is 0 Å². The van der Waals surface area contributed by atoms with Crippen molar-refractivity contribution >= 4 is 0 Å². The molecule has 0 aliphatic heterocycles. The molecule has 0 heteroatoms. The first-order chi connectivity index (χ1) is 5.50. The molecule has 0 saturated carbocycles. The molecule has 0 radical (unpaired) electrons. The maximum absolute atomic E-state index is 2.24. The van der Waals surface area contributed by atoms with Crippen molar-refractivity contribution < 1.29 is 0 Å². The SMILES string of the molecule is C1=CC/C=C/CC/C=C\C=C\1. The Balaban J connectivity index is 2.47. The topological polar surface area (TPSA) is 0 Å². The Bertz CT molecular complexity index is 192. The number of hydrogen-bond donors (Lipinski definition) is 0. The Morgan fingerprint density at radius 3 is 2.18 bits per heavy atom. The van der Waals surface area contributed by atoms with E-state index in [1.165, 1.54) is 0 Å². The molecular formula is C11H14. The molecule has 0 N–H and O–H groups in total. The first kappa shape index (κ1) is 8.06. The lowest BCUT2D eigenvalue weighted by atomic mass is 10.2. The summed E-state index contributed by atoms with van der Waals surface area (Å²) in [7, 11) is 0. The predicted molar refractivity (Wildman–Crippen MR) is 50.4 cm³/mol. The van der Waals surface area contributed by atoms with E-state index in [4.69, 9.17) is 0 Å². The fourth-order valence-electron chi connectivity index (χ4n) is 0.945. The van der Waals surface area contributed by atoms with Crippen LogP contribution in [0, 0.1) is 0 Å². The third-order valence-corrected chi connectivity index (χ3v) is 1.54. The van der Waals surface area contributed by atoms with Gasteiger partial charge in [-0.05, 0) is 19.3 Å². The van der Waals surface area contributed by atoms with Crippen molar-refractivity contribution in [2.75, 3.05) is 0 Å². The smallest absolute Gasteiger partial charge is 0.0166 e. The minimum atomic E-state index is 1.06. The van der Waals surface area contributed by atoms with E-state index < -0.39 is 0 Å². The van der Waals surface area contributed by atoms with Gasteiger partial charge in [-0.1, -0.05) is 48.6 Å². The fourth-order valence-corrected chi connectivity index (χ4v) is 0.945. The van der Waals surface area contributed by atoms with Crippen LogP contribution in [0.3, 0.4) is 0 Å². The van der Waals surface area contributed by atoms with Gasteiger partial charge in [0.25, 0.3) is 0 Å². The maximum atomic E-state index is 2.24. The van der Waals surface area contributed by atoms with Gasteiger partial charge in [0.05, 0.1) is 0 Å². The number of hydrogen-bond acceptors (Lipinski definition) is 0. The van der Waals surface area contributed by atoms with Gasteiger partial charge in [0.1, 0.15) is 0 Å². The number of rotatable bonds is 0. The van der Waals surface area contributed by atoms with E-state index in [2.05, 4.69) is 48.6 Å². The fraction of sp³-hybridized carbons (Fsp3) is 0.273. The molecule has 0 bridgehead atoms. The molecule has 0 aromatic heterocycles. The van der Waals surface area contributed by atoms with Gasteiger partial charge < -0.3 is 0 Å². The van der Waals surface area contributed by atoms with Crippen molar-refractivity contribution in [1.82, 2.24) is 0 Å². The molecule has 0 heterocycles. The zero-order valence-corrected chi connectivity index (χ0v) is 6.74. The molecule has 11 heavy (non-hydrogen) atoms. The van der Waals surface area contributed by atoms with Crippen LogP contribution in [0.4, 0.5) is 0 Å². The molecule has 0 nitrogen and oxygen atoms in total. The van der Waals surface area contributed by atoms with E-state index in [1.807, 2.05) is 0 Å². The highest BCUT2D eigenvalue weighted by atomic mass is 13.8. The lowest BCUT2D eigenvalue weighted by molar-refractivity contribution is 1.04. The number of allylic oxidation sites excluding steroid dienone is 8. The summed E-state index contributed by atoms with van der Waals surface area (Å²) in [6, 6.07) is 0. The molecule has 0 atom stereocenters. The first-order valence-electron chi connectivity index (χ1n) is 4.13. The monoisotopic (exact) mass is 146 g/mol. The molecule has 0 saturated heterocycles. The molecule has 58 valence electrons. The molecule has 0 fully saturated rings. The third-order valence-electron chi connectivity index (χ3n) is 1.54. The largest absolute Gasteiger partial charge is 0.0879 e. The highest BCUT2D eigenvalue weighted by Crippen LogP contribution is 1.97. The van der Waals surface area contributed by atoms with Gasteiger partial charge in [-0.25, -0.2) is 0 Å². The predicted octanol–water partition coefficient (Wildman–Crippen LogP) is 3.40. The third kappa shape index (κ3) is 4.38.